The summed E-state index contributed by atoms with van der Waals surface area (Å²) < 4.78 is 0. The number of aromatic nitrogens is 1. The number of carbonyl (C=O) groups is 1. The zero-order chi connectivity index (χ0) is 20.9. The number of pyridine rings is 1. The first-order valence-corrected chi connectivity index (χ1v) is 10.1. The van der Waals surface area contributed by atoms with Gasteiger partial charge < -0.3 is 10.4 Å². The molecular weight excluding hydrogens is 378 g/mol. The van der Waals surface area contributed by atoms with Gasteiger partial charge in [-0.15, -0.1) is 0 Å². The van der Waals surface area contributed by atoms with Gasteiger partial charge in [0, 0.05) is 36.3 Å². The van der Waals surface area contributed by atoms with E-state index in [1.54, 1.807) is 11.6 Å². The van der Waals surface area contributed by atoms with Gasteiger partial charge in [-0.2, -0.15) is 0 Å². The van der Waals surface area contributed by atoms with Crippen molar-refractivity contribution in [3.63, 3.8) is 0 Å². The highest BCUT2D eigenvalue weighted by Gasteiger charge is 2.25. The highest BCUT2D eigenvalue weighted by Crippen LogP contribution is 2.35. The smallest absolute Gasteiger partial charge is 0.267 e. The monoisotopic (exact) mass is 403 g/mol. The van der Waals surface area contributed by atoms with Crippen LogP contribution in [0.3, 0.4) is 0 Å². The standard InChI is InChI=1S/C24H25N3O3/c28-12-11-22(19-14-18-3-1-2-4-21(18)25-15-19)26-23-9-7-17-13-16(5-8-20(17)23)6-10-24(29)27-30/h1-6,8,10,13-15,22-23,26,28,30H,7,9,11-12H2,(H,27,29)/b10-6+. The van der Waals surface area contributed by atoms with E-state index in [0.29, 0.717) is 6.42 Å². The Labute approximate surface area is 175 Å². The fourth-order valence-electron chi connectivity index (χ4n) is 4.12. The van der Waals surface area contributed by atoms with Crippen LogP contribution in [0.5, 0.6) is 0 Å². The number of rotatable bonds is 7. The van der Waals surface area contributed by atoms with Crippen LogP contribution in [0.4, 0.5) is 0 Å². The molecule has 1 amide bonds. The SMILES string of the molecule is O=C(/C=C/c1ccc2c(c1)CCC2NC(CCO)c1cnc2ccccc2c1)NO. The fraction of sp³-hybridized carbons (Fsp3) is 0.250. The van der Waals surface area contributed by atoms with Crippen molar-refractivity contribution in [2.75, 3.05) is 6.61 Å². The van der Waals surface area contributed by atoms with Crippen LogP contribution in [-0.2, 0) is 11.2 Å². The van der Waals surface area contributed by atoms with Gasteiger partial charge >= 0.3 is 0 Å². The largest absolute Gasteiger partial charge is 0.396 e. The summed E-state index contributed by atoms with van der Waals surface area (Å²) in [5.41, 5.74) is 7.05. The molecule has 2 aromatic carbocycles. The first kappa shape index (κ1) is 20.2. The maximum Gasteiger partial charge on any atom is 0.267 e. The van der Waals surface area contributed by atoms with E-state index >= 15 is 0 Å². The minimum absolute atomic E-state index is 0.0101. The molecule has 30 heavy (non-hydrogen) atoms. The summed E-state index contributed by atoms with van der Waals surface area (Å²) in [6.07, 6.45) is 7.41. The predicted molar refractivity (Wildman–Crippen MR) is 116 cm³/mol. The third-order valence-electron chi connectivity index (χ3n) is 5.62. The molecule has 4 rings (SSSR count). The number of nitrogens with zero attached hydrogens (tertiary/aromatic N) is 1. The Morgan fingerprint density at radius 3 is 2.93 bits per heavy atom. The number of benzene rings is 2. The van der Waals surface area contributed by atoms with Crippen molar-refractivity contribution < 1.29 is 15.1 Å². The van der Waals surface area contributed by atoms with E-state index in [1.807, 2.05) is 30.5 Å². The number of aliphatic hydroxyl groups excluding tert-OH is 1. The summed E-state index contributed by atoms with van der Waals surface area (Å²) in [4.78, 5) is 15.8. The molecule has 1 heterocycles. The first-order chi connectivity index (χ1) is 14.7. The molecule has 0 saturated carbocycles. The normalized spacial score (nSPS) is 16.7. The van der Waals surface area contributed by atoms with Crippen molar-refractivity contribution in [3.8, 4) is 0 Å². The molecule has 0 bridgehead atoms. The minimum atomic E-state index is -0.550. The lowest BCUT2D eigenvalue weighted by molar-refractivity contribution is -0.124. The molecule has 0 radical (unpaired) electrons. The summed E-state index contributed by atoms with van der Waals surface area (Å²) >= 11 is 0. The molecule has 6 nitrogen and oxygen atoms in total. The fourth-order valence-corrected chi connectivity index (χ4v) is 4.12. The molecule has 0 fully saturated rings. The van der Waals surface area contributed by atoms with Crippen molar-refractivity contribution in [2.24, 2.45) is 0 Å². The van der Waals surface area contributed by atoms with Crippen LogP contribution >= 0.6 is 0 Å². The van der Waals surface area contributed by atoms with Crippen molar-refractivity contribution in [1.29, 1.82) is 0 Å². The number of nitrogens with one attached hydrogen (secondary N) is 2. The van der Waals surface area contributed by atoms with Crippen molar-refractivity contribution >= 4 is 22.9 Å². The van der Waals surface area contributed by atoms with Gasteiger partial charge in [-0.25, -0.2) is 5.48 Å². The number of amides is 1. The molecule has 0 spiro atoms. The average Bonchev–Trinajstić information content (AvgIpc) is 3.18. The number of hydrogen-bond acceptors (Lipinski definition) is 5. The average molecular weight is 403 g/mol. The molecule has 0 saturated heterocycles. The van der Waals surface area contributed by atoms with Crippen LogP contribution in [0.1, 0.15) is 47.2 Å². The maximum absolute atomic E-state index is 11.2. The first-order valence-electron chi connectivity index (χ1n) is 10.1. The lowest BCUT2D eigenvalue weighted by Crippen LogP contribution is -2.26. The summed E-state index contributed by atoms with van der Waals surface area (Å²) in [5, 5.41) is 23.0. The number of aliphatic hydroxyl groups is 1. The van der Waals surface area contributed by atoms with E-state index in [2.05, 4.69) is 34.6 Å². The van der Waals surface area contributed by atoms with Crippen molar-refractivity contribution in [1.82, 2.24) is 15.8 Å². The second-order valence-corrected chi connectivity index (χ2v) is 7.55. The predicted octanol–water partition coefficient (Wildman–Crippen LogP) is 3.45. The zero-order valence-corrected chi connectivity index (χ0v) is 16.6. The summed E-state index contributed by atoms with van der Waals surface area (Å²) in [5.74, 6) is -0.550. The van der Waals surface area contributed by atoms with E-state index in [4.69, 9.17) is 5.21 Å². The number of para-hydroxylation sites is 1. The summed E-state index contributed by atoms with van der Waals surface area (Å²) in [6, 6.07) is 16.5. The molecular formula is C24H25N3O3. The number of fused-ring (bicyclic) bond motifs is 2. The molecule has 2 unspecified atom stereocenters. The highest BCUT2D eigenvalue weighted by atomic mass is 16.5. The molecule has 1 aromatic heterocycles. The Morgan fingerprint density at radius 2 is 2.10 bits per heavy atom. The van der Waals surface area contributed by atoms with E-state index in [0.717, 1.165) is 34.9 Å². The van der Waals surface area contributed by atoms with Crippen molar-refractivity contribution in [2.45, 2.75) is 31.3 Å². The summed E-state index contributed by atoms with van der Waals surface area (Å²) in [7, 11) is 0. The van der Waals surface area contributed by atoms with Crippen LogP contribution in [0.15, 0.2) is 60.8 Å². The summed E-state index contributed by atoms with van der Waals surface area (Å²) in [6.45, 7) is 0.0979. The van der Waals surface area contributed by atoms with Gasteiger partial charge in [0.15, 0.2) is 0 Å². The number of hydroxylamine groups is 1. The Hall–Kier alpha value is -3.06. The Bertz CT molecular complexity index is 1080. The molecule has 1 aliphatic rings. The lowest BCUT2D eigenvalue weighted by Gasteiger charge is -2.24. The maximum atomic E-state index is 11.2. The minimum Gasteiger partial charge on any atom is -0.396 e. The second kappa shape index (κ2) is 9.17. The molecule has 0 aliphatic heterocycles. The Kier molecular flexibility index (Phi) is 6.18. The van der Waals surface area contributed by atoms with Gasteiger partial charge in [-0.3, -0.25) is 15.0 Å². The van der Waals surface area contributed by atoms with E-state index in [-0.39, 0.29) is 18.7 Å². The third-order valence-corrected chi connectivity index (χ3v) is 5.62. The van der Waals surface area contributed by atoms with Gasteiger partial charge in [-0.05, 0) is 59.7 Å². The van der Waals surface area contributed by atoms with Crippen LogP contribution in [0.2, 0.25) is 0 Å². The van der Waals surface area contributed by atoms with E-state index in [1.165, 1.54) is 17.2 Å². The van der Waals surface area contributed by atoms with Gasteiger partial charge in [0.05, 0.1) is 5.52 Å². The molecule has 2 atom stereocenters. The van der Waals surface area contributed by atoms with Crippen LogP contribution in [0, 0.1) is 0 Å². The molecule has 3 aromatic rings. The van der Waals surface area contributed by atoms with Gasteiger partial charge in [0.2, 0.25) is 0 Å². The van der Waals surface area contributed by atoms with Crippen molar-refractivity contribution in [3.05, 3.63) is 83.1 Å². The molecule has 4 N–H and O–H groups in total. The third kappa shape index (κ3) is 4.41. The van der Waals surface area contributed by atoms with Crippen LogP contribution < -0.4 is 10.8 Å². The van der Waals surface area contributed by atoms with Crippen LogP contribution in [-0.4, -0.2) is 27.8 Å². The second-order valence-electron chi connectivity index (χ2n) is 7.55. The Morgan fingerprint density at radius 1 is 1.23 bits per heavy atom. The molecule has 1 aliphatic carbocycles. The molecule has 6 heteroatoms. The van der Waals surface area contributed by atoms with E-state index in [9.17, 15) is 9.90 Å². The topological polar surface area (TPSA) is 94.5 Å². The van der Waals surface area contributed by atoms with Gasteiger partial charge in [-0.1, -0.05) is 36.4 Å². The van der Waals surface area contributed by atoms with Gasteiger partial charge in [0.25, 0.3) is 5.91 Å². The number of carbonyl (C=O) groups excluding carboxylic acids is 1. The van der Waals surface area contributed by atoms with Gasteiger partial charge in [0.1, 0.15) is 0 Å². The zero-order valence-electron chi connectivity index (χ0n) is 16.6. The molecule has 154 valence electrons. The Balaban J connectivity index is 1.54. The van der Waals surface area contributed by atoms with E-state index < -0.39 is 5.91 Å². The highest BCUT2D eigenvalue weighted by molar-refractivity contribution is 5.90. The lowest BCUT2D eigenvalue weighted by atomic mass is 10.00. The number of aryl methyl sites for hydroxylation is 1. The quantitative estimate of drug-likeness (QED) is 0.275. The number of hydrogen-bond donors (Lipinski definition) is 4. The van der Waals surface area contributed by atoms with Crippen LogP contribution in [0.25, 0.3) is 17.0 Å².